The monoisotopic (exact) mass is 412 g/mol. The fraction of sp³-hybridized carbons (Fsp3) is 0.435. The maximum Gasteiger partial charge on any atom is 0.329 e. The molecule has 2 aromatic rings. The number of hydrogen-bond donors (Lipinski definition) is 2. The molecule has 1 aliphatic rings. The highest BCUT2D eigenvalue weighted by Crippen LogP contribution is 2.23. The van der Waals surface area contributed by atoms with Gasteiger partial charge in [0, 0.05) is 12.5 Å². The van der Waals surface area contributed by atoms with Gasteiger partial charge in [-0.3, -0.25) is 9.59 Å². The quantitative estimate of drug-likeness (QED) is 0.650. The van der Waals surface area contributed by atoms with E-state index in [0.29, 0.717) is 5.92 Å². The van der Waals surface area contributed by atoms with Crippen molar-refractivity contribution in [3.05, 3.63) is 60.1 Å². The summed E-state index contributed by atoms with van der Waals surface area (Å²) in [6.07, 6.45) is 5.93. The molecular weight excluding hydrogens is 384 g/mol. The van der Waals surface area contributed by atoms with Crippen molar-refractivity contribution in [3.63, 3.8) is 0 Å². The second-order valence-electron chi connectivity index (χ2n) is 7.74. The van der Waals surface area contributed by atoms with Crippen LogP contribution in [0.15, 0.2) is 53.1 Å². The van der Waals surface area contributed by atoms with Crippen LogP contribution in [0, 0.1) is 5.92 Å². The molecule has 7 nitrogen and oxygen atoms in total. The second kappa shape index (κ2) is 10.6. The average Bonchev–Trinajstić information content (AvgIpc) is 3.29. The van der Waals surface area contributed by atoms with Crippen molar-refractivity contribution in [2.75, 3.05) is 6.61 Å². The predicted molar refractivity (Wildman–Crippen MR) is 111 cm³/mol. The van der Waals surface area contributed by atoms with Crippen LogP contribution in [-0.2, 0) is 20.7 Å². The molecule has 0 bridgehead atoms. The van der Waals surface area contributed by atoms with Crippen LogP contribution < -0.4 is 10.6 Å². The molecule has 1 saturated carbocycles. The fourth-order valence-electron chi connectivity index (χ4n) is 3.70. The average molecular weight is 412 g/mol. The summed E-state index contributed by atoms with van der Waals surface area (Å²) in [5, 5.41) is 5.60. The van der Waals surface area contributed by atoms with Gasteiger partial charge in [0.25, 0.3) is 11.8 Å². The maximum absolute atomic E-state index is 12.7. The first kappa shape index (κ1) is 21.6. The Kier molecular flexibility index (Phi) is 7.65. The van der Waals surface area contributed by atoms with Gasteiger partial charge in [-0.15, -0.1) is 0 Å². The molecule has 0 spiro atoms. The number of esters is 1. The van der Waals surface area contributed by atoms with Gasteiger partial charge in [0.2, 0.25) is 0 Å². The Balaban J connectivity index is 1.58. The number of amides is 2. The van der Waals surface area contributed by atoms with Gasteiger partial charge in [0.15, 0.2) is 12.4 Å². The summed E-state index contributed by atoms with van der Waals surface area (Å²) in [4.78, 5) is 37.3. The number of ether oxygens (including phenoxy) is 1. The van der Waals surface area contributed by atoms with Crippen LogP contribution in [0.4, 0.5) is 0 Å². The third kappa shape index (κ3) is 6.20. The standard InChI is InChI=1S/C23H28N2O5/c1-16-8-5-6-11-18(16)24-21(26)15-30-23(28)19(14-17-9-3-2-4-10-17)25-22(27)20-12-7-13-29-20/h2-4,7,9-10,12-13,16,18-19H,5-6,8,11,14-15H2,1H3,(H,24,26)(H,25,27)/t16-,18+,19+/m1/s1. The first-order valence-electron chi connectivity index (χ1n) is 10.4. The highest BCUT2D eigenvalue weighted by molar-refractivity contribution is 5.94. The molecule has 0 saturated heterocycles. The molecule has 0 unspecified atom stereocenters. The molecule has 0 aliphatic heterocycles. The lowest BCUT2D eigenvalue weighted by Crippen LogP contribution is -2.46. The van der Waals surface area contributed by atoms with Gasteiger partial charge < -0.3 is 19.8 Å². The molecule has 160 valence electrons. The van der Waals surface area contributed by atoms with Gasteiger partial charge in [-0.1, -0.05) is 50.1 Å². The number of rotatable bonds is 8. The van der Waals surface area contributed by atoms with Gasteiger partial charge in [-0.2, -0.15) is 0 Å². The molecular formula is C23H28N2O5. The van der Waals surface area contributed by atoms with Crippen molar-refractivity contribution in [2.24, 2.45) is 5.92 Å². The number of benzene rings is 1. The molecule has 2 N–H and O–H groups in total. The lowest BCUT2D eigenvalue weighted by molar-refractivity contribution is -0.150. The predicted octanol–water partition coefficient (Wildman–Crippen LogP) is 2.86. The molecule has 3 atom stereocenters. The summed E-state index contributed by atoms with van der Waals surface area (Å²) >= 11 is 0. The molecule has 1 aromatic heterocycles. The Morgan fingerprint density at radius 3 is 2.57 bits per heavy atom. The van der Waals surface area contributed by atoms with E-state index in [2.05, 4.69) is 17.6 Å². The van der Waals surface area contributed by atoms with Crippen LogP contribution in [-0.4, -0.2) is 36.5 Å². The minimum absolute atomic E-state index is 0.102. The van der Waals surface area contributed by atoms with E-state index in [9.17, 15) is 14.4 Å². The zero-order valence-electron chi connectivity index (χ0n) is 17.1. The van der Waals surface area contributed by atoms with Crippen molar-refractivity contribution in [1.29, 1.82) is 0 Å². The van der Waals surface area contributed by atoms with Gasteiger partial charge in [-0.25, -0.2) is 4.79 Å². The summed E-state index contributed by atoms with van der Waals surface area (Å²) < 4.78 is 10.3. The van der Waals surface area contributed by atoms with Gasteiger partial charge >= 0.3 is 5.97 Å². The zero-order chi connectivity index (χ0) is 21.3. The van der Waals surface area contributed by atoms with Gasteiger partial charge in [-0.05, 0) is 36.5 Å². The van der Waals surface area contributed by atoms with Crippen LogP contribution in [0.2, 0.25) is 0 Å². The summed E-state index contributed by atoms with van der Waals surface area (Å²) in [5.74, 6) is -0.983. The molecule has 1 fully saturated rings. The van der Waals surface area contributed by atoms with E-state index in [-0.39, 0.29) is 30.7 Å². The van der Waals surface area contributed by atoms with Crippen LogP contribution in [0.25, 0.3) is 0 Å². The lowest BCUT2D eigenvalue weighted by atomic mass is 9.86. The molecule has 3 rings (SSSR count). The Labute approximate surface area is 176 Å². The van der Waals surface area contributed by atoms with Crippen molar-refractivity contribution in [1.82, 2.24) is 10.6 Å². The van der Waals surface area contributed by atoms with Crippen LogP contribution >= 0.6 is 0 Å². The molecule has 1 aliphatic carbocycles. The number of carbonyl (C=O) groups is 3. The van der Waals surface area contributed by atoms with Crippen LogP contribution in [0.5, 0.6) is 0 Å². The summed E-state index contributed by atoms with van der Waals surface area (Å²) in [6, 6.07) is 11.6. The SMILES string of the molecule is C[C@@H]1CCCC[C@@H]1NC(=O)COC(=O)[C@H](Cc1ccccc1)NC(=O)c1ccco1. The highest BCUT2D eigenvalue weighted by atomic mass is 16.5. The van der Waals surface area contributed by atoms with E-state index in [1.807, 2.05) is 30.3 Å². The lowest BCUT2D eigenvalue weighted by Gasteiger charge is -2.29. The minimum Gasteiger partial charge on any atom is -0.459 e. The van der Waals surface area contributed by atoms with Crippen molar-refractivity contribution in [3.8, 4) is 0 Å². The molecule has 0 radical (unpaired) electrons. The highest BCUT2D eigenvalue weighted by Gasteiger charge is 2.26. The molecule has 30 heavy (non-hydrogen) atoms. The van der Waals surface area contributed by atoms with Gasteiger partial charge in [0.1, 0.15) is 6.04 Å². The molecule has 7 heteroatoms. The first-order chi connectivity index (χ1) is 14.5. The summed E-state index contributed by atoms with van der Waals surface area (Å²) in [5.41, 5.74) is 0.861. The maximum atomic E-state index is 12.7. The third-order valence-electron chi connectivity index (χ3n) is 5.42. The van der Waals surface area contributed by atoms with Crippen molar-refractivity contribution < 1.29 is 23.5 Å². The number of furan rings is 1. The van der Waals surface area contributed by atoms with E-state index in [0.717, 1.165) is 24.8 Å². The third-order valence-corrected chi connectivity index (χ3v) is 5.42. The second-order valence-corrected chi connectivity index (χ2v) is 7.74. The van der Waals surface area contributed by atoms with E-state index >= 15 is 0 Å². The van der Waals surface area contributed by atoms with E-state index in [4.69, 9.17) is 9.15 Å². The molecule has 1 heterocycles. The Bertz CT molecular complexity index is 835. The van der Waals surface area contributed by atoms with Gasteiger partial charge in [0.05, 0.1) is 6.26 Å². The largest absolute Gasteiger partial charge is 0.459 e. The number of carbonyl (C=O) groups excluding carboxylic acids is 3. The smallest absolute Gasteiger partial charge is 0.329 e. The Morgan fingerprint density at radius 1 is 1.10 bits per heavy atom. The van der Waals surface area contributed by atoms with Crippen LogP contribution in [0.3, 0.4) is 0 Å². The van der Waals surface area contributed by atoms with E-state index < -0.39 is 17.9 Å². The van der Waals surface area contributed by atoms with Crippen molar-refractivity contribution >= 4 is 17.8 Å². The molecule has 2 amide bonds. The zero-order valence-corrected chi connectivity index (χ0v) is 17.1. The number of nitrogens with one attached hydrogen (secondary N) is 2. The summed E-state index contributed by atoms with van der Waals surface area (Å²) in [7, 11) is 0. The minimum atomic E-state index is -0.939. The number of hydrogen-bond acceptors (Lipinski definition) is 5. The Morgan fingerprint density at radius 2 is 1.87 bits per heavy atom. The normalized spacial score (nSPS) is 19.5. The first-order valence-corrected chi connectivity index (χ1v) is 10.4. The van der Waals surface area contributed by atoms with E-state index in [1.54, 1.807) is 6.07 Å². The topological polar surface area (TPSA) is 97.6 Å². The molecule has 1 aromatic carbocycles. The van der Waals surface area contributed by atoms with Crippen molar-refractivity contribution in [2.45, 2.75) is 51.1 Å². The van der Waals surface area contributed by atoms with E-state index in [1.165, 1.54) is 18.8 Å². The van der Waals surface area contributed by atoms with Crippen LogP contribution in [0.1, 0.15) is 48.7 Å². The fourth-order valence-corrected chi connectivity index (χ4v) is 3.70. The summed E-state index contributed by atoms with van der Waals surface area (Å²) in [6.45, 7) is 1.75. The Hall–Kier alpha value is -3.09.